The fourth-order valence-electron chi connectivity index (χ4n) is 0.837. The molecule has 0 rings (SSSR count). The number of rotatable bonds is 3. The lowest BCUT2D eigenvalue weighted by Crippen LogP contribution is -2.35. The van der Waals surface area contributed by atoms with E-state index in [0.717, 1.165) is 0 Å². The lowest BCUT2D eigenvalue weighted by Gasteiger charge is -2.27. The molecule has 2 N–H and O–H groups in total. The van der Waals surface area contributed by atoms with Crippen molar-refractivity contribution in [3.8, 4) is 0 Å². The van der Waals surface area contributed by atoms with Crippen molar-refractivity contribution in [3.05, 3.63) is 0 Å². The molecule has 0 unspecified atom stereocenters. The molecule has 0 atom stereocenters. The van der Waals surface area contributed by atoms with Crippen LogP contribution in [0.3, 0.4) is 0 Å². The van der Waals surface area contributed by atoms with Gasteiger partial charge in [-0.3, -0.25) is 0 Å². The molecule has 62 valence electrons. The summed E-state index contributed by atoms with van der Waals surface area (Å²) in [6.45, 7) is 7.57. The van der Waals surface area contributed by atoms with E-state index in [-0.39, 0.29) is 5.92 Å². The van der Waals surface area contributed by atoms with Gasteiger partial charge in [0.2, 0.25) is 0 Å². The average molecular weight is 146 g/mol. The first kappa shape index (κ1) is 9.92. The topological polar surface area (TPSA) is 40.5 Å². The van der Waals surface area contributed by atoms with E-state index in [1.165, 1.54) is 0 Å². The third kappa shape index (κ3) is 3.18. The molecule has 0 aliphatic rings. The largest absolute Gasteiger partial charge is 0.365 e. The number of hydrogen-bond donors (Lipinski definition) is 2. The summed E-state index contributed by atoms with van der Waals surface area (Å²) in [5.74, 6) is -1.24. The first-order chi connectivity index (χ1) is 4.36. The van der Waals surface area contributed by atoms with Crippen LogP contribution < -0.4 is 0 Å². The highest BCUT2D eigenvalue weighted by Gasteiger charge is 2.27. The molecule has 0 spiro atoms. The van der Waals surface area contributed by atoms with Gasteiger partial charge in [-0.2, -0.15) is 0 Å². The van der Waals surface area contributed by atoms with Crippen molar-refractivity contribution in [2.75, 3.05) is 0 Å². The van der Waals surface area contributed by atoms with E-state index >= 15 is 0 Å². The van der Waals surface area contributed by atoms with Crippen LogP contribution in [0, 0.1) is 11.8 Å². The SMILES string of the molecule is CC(C)CC(O)(O)C(C)C. The molecule has 0 fully saturated rings. The molecular formula is C8H18O2. The first-order valence-electron chi connectivity index (χ1n) is 3.81. The number of hydrogen-bond acceptors (Lipinski definition) is 2. The fourth-order valence-corrected chi connectivity index (χ4v) is 0.837. The Morgan fingerprint density at radius 1 is 1.10 bits per heavy atom. The zero-order chi connectivity index (χ0) is 8.36. The van der Waals surface area contributed by atoms with Crippen molar-refractivity contribution in [2.45, 2.75) is 39.9 Å². The van der Waals surface area contributed by atoms with E-state index in [4.69, 9.17) is 0 Å². The Labute approximate surface area is 62.9 Å². The van der Waals surface area contributed by atoms with Gasteiger partial charge < -0.3 is 10.2 Å². The van der Waals surface area contributed by atoms with Gasteiger partial charge >= 0.3 is 0 Å². The van der Waals surface area contributed by atoms with E-state index in [0.29, 0.717) is 12.3 Å². The highest BCUT2D eigenvalue weighted by atomic mass is 16.5. The molecule has 0 aromatic heterocycles. The molecule has 0 aromatic carbocycles. The van der Waals surface area contributed by atoms with Crippen LogP contribution in [0.15, 0.2) is 0 Å². The molecule has 0 saturated heterocycles. The Morgan fingerprint density at radius 2 is 1.50 bits per heavy atom. The van der Waals surface area contributed by atoms with Crippen LogP contribution in [0.25, 0.3) is 0 Å². The Bertz CT molecular complexity index is 95.4. The van der Waals surface area contributed by atoms with Crippen LogP contribution in [-0.2, 0) is 0 Å². The Hall–Kier alpha value is -0.0800. The van der Waals surface area contributed by atoms with Gasteiger partial charge in [-0.1, -0.05) is 27.7 Å². The van der Waals surface area contributed by atoms with Gasteiger partial charge in [0.25, 0.3) is 0 Å². The fraction of sp³-hybridized carbons (Fsp3) is 1.00. The summed E-state index contributed by atoms with van der Waals surface area (Å²) in [6, 6.07) is 0. The van der Waals surface area contributed by atoms with Crippen LogP contribution in [-0.4, -0.2) is 16.0 Å². The van der Waals surface area contributed by atoms with Crippen molar-refractivity contribution in [3.63, 3.8) is 0 Å². The first-order valence-corrected chi connectivity index (χ1v) is 3.81. The van der Waals surface area contributed by atoms with E-state index < -0.39 is 5.79 Å². The molecule has 2 heteroatoms. The lowest BCUT2D eigenvalue weighted by molar-refractivity contribution is -0.202. The van der Waals surface area contributed by atoms with Crippen LogP contribution >= 0.6 is 0 Å². The minimum Gasteiger partial charge on any atom is -0.365 e. The van der Waals surface area contributed by atoms with Gasteiger partial charge in [-0.25, -0.2) is 0 Å². The van der Waals surface area contributed by atoms with Crippen molar-refractivity contribution in [1.82, 2.24) is 0 Å². The van der Waals surface area contributed by atoms with Crippen molar-refractivity contribution in [1.29, 1.82) is 0 Å². The molecule has 0 aliphatic heterocycles. The summed E-state index contributed by atoms with van der Waals surface area (Å²) in [5.41, 5.74) is 0. The minimum atomic E-state index is -1.48. The van der Waals surface area contributed by atoms with Gasteiger partial charge in [0.1, 0.15) is 0 Å². The second kappa shape index (κ2) is 3.35. The van der Waals surface area contributed by atoms with Gasteiger partial charge in [0.05, 0.1) is 0 Å². The summed E-state index contributed by atoms with van der Waals surface area (Å²) in [5, 5.41) is 18.6. The van der Waals surface area contributed by atoms with Crippen LogP contribution in [0.2, 0.25) is 0 Å². The van der Waals surface area contributed by atoms with E-state index in [1.54, 1.807) is 0 Å². The van der Waals surface area contributed by atoms with E-state index in [2.05, 4.69) is 0 Å². The third-order valence-corrected chi connectivity index (χ3v) is 1.63. The summed E-state index contributed by atoms with van der Waals surface area (Å²) in [6.07, 6.45) is 0.449. The summed E-state index contributed by atoms with van der Waals surface area (Å²) in [7, 11) is 0. The maximum Gasteiger partial charge on any atom is 0.165 e. The quantitative estimate of drug-likeness (QED) is 0.590. The zero-order valence-corrected chi connectivity index (χ0v) is 7.26. The van der Waals surface area contributed by atoms with Gasteiger partial charge in [0.15, 0.2) is 5.79 Å². The predicted molar refractivity (Wildman–Crippen MR) is 41.5 cm³/mol. The Morgan fingerprint density at radius 3 is 1.60 bits per heavy atom. The zero-order valence-electron chi connectivity index (χ0n) is 7.26. The normalized spacial score (nSPS) is 13.2. The maximum absolute atomic E-state index is 9.32. The van der Waals surface area contributed by atoms with Crippen molar-refractivity contribution in [2.24, 2.45) is 11.8 Å². The molecular weight excluding hydrogens is 128 g/mol. The smallest absolute Gasteiger partial charge is 0.165 e. The summed E-state index contributed by atoms with van der Waals surface area (Å²) in [4.78, 5) is 0. The Balaban J connectivity index is 3.87. The average Bonchev–Trinajstić information content (AvgIpc) is 1.60. The number of aliphatic hydroxyl groups is 2. The molecule has 10 heavy (non-hydrogen) atoms. The minimum absolute atomic E-state index is 0.0881. The summed E-state index contributed by atoms with van der Waals surface area (Å²) >= 11 is 0. The monoisotopic (exact) mass is 146 g/mol. The van der Waals surface area contributed by atoms with Gasteiger partial charge in [-0.05, 0) is 5.92 Å². The molecule has 0 radical (unpaired) electrons. The lowest BCUT2D eigenvalue weighted by atomic mass is 9.94. The Kier molecular flexibility index (Phi) is 3.33. The highest BCUT2D eigenvalue weighted by molar-refractivity contribution is 4.69. The third-order valence-electron chi connectivity index (χ3n) is 1.63. The van der Waals surface area contributed by atoms with Gasteiger partial charge in [0, 0.05) is 12.3 Å². The van der Waals surface area contributed by atoms with Crippen LogP contribution in [0.4, 0.5) is 0 Å². The molecule has 0 aliphatic carbocycles. The summed E-state index contributed by atoms with van der Waals surface area (Å²) < 4.78 is 0. The second-order valence-electron chi connectivity index (χ2n) is 3.63. The molecule has 0 amide bonds. The van der Waals surface area contributed by atoms with Crippen LogP contribution in [0.1, 0.15) is 34.1 Å². The van der Waals surface area contributed by atoms with Crippen molar-refractivity contribution >= 4 is 0 Å². The molecule has 0 saturated carbocycles. The molecule has 0 heterocycles. The predicted octanol–water partition coefficient (Wildman–Crippen LogP) is 1.37. The van der Waals surface area contributed by atoms with Crippen molar-refractivity contribution < 1.29 is 10.2 Å². The highest BCUT2D eigenvalue weighted by Crippen LogP contribution is 2.21. The molecule has 2 nitrogen and oxygen atoms in total. The van der Waals surface area contributed by atoms with Gasteiger partial charge in [-0.15, -0.1) is 0 Å². The molecule has 0 aromatic rings. The van der Waals surface area contributed by atoms with Crippen LogP contribution in [0.5, 0.6) is 0 Å². The van der Waals surface area contributed by atoms with E-state index in [1.807, 2.05) is 27.7 Å². The van der Waals surface area contributed by atoms with E-state index in [9.17, 15) is 10.2 Å². The second-order valence-corrected chi connectivity index (χ2v) is 3.63. The standard InChI is InChI=1S/C8H18O2/c1-6(2)5-8(9,10)7(3)4/h6-7,9-10H,5H2,1-4H3. The maximum atomic E-state index is 9.32. The molecule has 0 bridgehead atoms.